The second kappa shape index (κ2) is 7.29. The number of ketones is 1. The Bertz CT molecular complexity index is 923. The van der Waals surface area contributed by atoms with E-state index < -0.39 is 0 Å². The van der Waals surface area contributed by atoms with Crippen LogP contribution < -0.4 is 4.90 Å². The Labute approximate surface area is 157 Å². The second-order valence-electron chi connectivity index (χ2n) is 7.22. The van der Waals surface area contributed by atoms with Crippen molar-refractivity contribution in [2.45, 2.75) is 26.3 Å². The van der Waals surface area contributed by atoms with Gasteiger partial charge in [0, 0.05) is 29.0 Å². The lowest BCUT2D eigenvalue weighted by Gasteiger charge is -2.28. The van der Waals surface area contributed by atoms with Crippen LogP contribution in [-0.2, 0) is 6.54 Å². The molecule has 0 atom stereocenters. The molecule has 0 unspecified atom stereocenters. The number of likely N-dealkylation sites (tertiary alicyclic amines) is 1. The van der Waals surface area contributed by atoms with Crippen molar-refractivity contribution < 1.29 is 14.1 Å². The number of piperidine rings is 1. The SMILES string of the molecule is Cc1c(C[NH+]2CCC(C(=O)c3ccc(F)cc3)CC2)sc2ccccc12. The van der Waals surface area contributed by atoms with E-state index in [4.69, 9.17) is 0 Å². The van der Waals surface area contributed by atoms with Gasteiger partial charge in [0.1, 0.15) is 12.4 Å². The summed E-state index contributed by atoms with van der Waals surface area (Å²) in [5, 5.41) is 1.37. The highest BCUT2D eigenvalue weighted by Gasteiger charge is 2.28. The highest BCUT2D eigenvalue weighted by Crippen LogP contribution is 2.30. The first-order chi connectivity index (χ1) is 12.6. The fraction of sp³-hybridized carbons (Fsp3) is 0.318. The van der Waals surface area contributed by atoms with Gasteiger partial charge in [-0.15, -0.1) is 11.3 Å². The lowest BCUT2D eigenvalue weighted by atomic mass is 9.89. The van der Waals surface area contributed by atoms with Crippen LogP contribution in [0.3, 0.4) is 0 Å². The van der Waals surface area contributed by atoms with Crippen molar-refractivity contribution in [1.82, 2.24) is 0 Å². The van der Waals surface area contributed by atoms with Crippen LogP contribution in [0.25, 0.3) is 10.1 Å². The fourth-order valence-corrected chi connectivity index (χ4v) is 5.22. The van der Waals surface area contributed by atoms with Crippen molar-refractivity contribution >= 4 is 27.2 Å². The van der Waals surface area contributed by atoms with E-state index in [9.17, 15) is 9.18 Å². The van der Waals surface area contributed by atoms with Crippen LogP contribution in [0.4, 0.5) is 4.39 Å². The molecule has 0 saturated carbocycles. The summed E-state index contributed by atoms with van der Waals surface area (Å²) in [4.78, 5) is 15.6. The molecule has 4 rings (SSSR count). The Morgan fingerprint density at radius 3 is 2.50 bits per heavy atom. The van der Waals surface area contributed by atoms with Gasteiger partial charge in [-0.1, -0.05) is 18.2 Å². The number of hydrogen-bond acceptors (Lipinski definition) is 2. The Balaban J connectivity index is 1.39. The van der Waals surface area contributed by atoms with E-state index in [1.807, 2.05) is 11.3 Å². The van der Waals surface area contributed by atoms with Crippen LogP contribution in [0.5, 0.6) is 0 Å². The summed E-state index contributed by atoms with van der Waals surface area (Å²) in [6.07, 6.45) is 1.82. The van der Waals surface area contributed by atoms with Gasteiger partial charge in [-0.2, -0.15) is 0 Å². The molecule has 0 aliphatic carbocycles. The monoisotopic (exact) mass is 368 g/mol. The first-order valence-electron chi connectivity index (χ1n) is 9.22. The molecule has 1 aliphatic rings. The van der Waals surface area contributed by atoms with Crippen LogP contribution in [0, 0.1) is 18.7 Å². The first kappa shape index (κ1) is 17.4. The van der Waals surface area contributed by atoms with E-state index in [0.717, 1.165) is 32.5 Å². The third kappa shape index (κ3) is 3.44. The number of carbonyl (C=O) groups is 1. The molecule has 3 aromatic rings. The second-order valence-corrected chi connectivity index (χ2v) is 8.36. The summed E-state index contributed by atoms with van der Waals surface area (Å²) >= 11 is 1.90. The van der Waals surface area contributed by atoms with Crippen LogP contribution >= 0.6 is 11.3 Å². The van der Waals surface area contributed by atoms with E-state index in [2.05, 4.69) is 31.2 Å². The Morgan fingerprint density at radius 2 is 1.81 bits per heavy atom. The molecular formula is C22H23FNOS+. The van der Waals surface area contributed by atoms with Crippen LogP contribution in [0.2, 0.25) is 0 Å². The maximum Gasteiger partial charge on any atom is 0.166 e. The quantitative estimate of drug-likeness (QED) is 0.690. The van der Waals surface area contributed by atoms with Crippen molar-refractivity contribution in [2.24, 2.45) is 5.92 Å². The number of aryl methyl sites for hydroxylation is 1. The summed E-state index contributed by atoms with van der Waals surface area (Å²) in [5.74, 6) is -0.0469. The predicted molar refractivity (Wildman–Crippen MR) is 104 cm³/mol. The van der Waals surface area contributed by atoms with Crippen LogP contribution in [0.15, 0.2) is 48.5 Å². The highest BCUT2D eigenvalue weighted by molar-refractivity contribution is 7.19. The van der Waals surface area contributed by atoms with Gasteiger partial charge in [0.15, 0.2) is 5.78 Å². The number of rotatable bonds is 4. The molecule has 2 heterocycles. The molecule has 1 N–H and O–H groups in total. The number of thiophene rings is 1. The summed E-state index contributed by atoms with van der Waals surface area (Å²) in [6.45, 7) is 5.30. The molecule has 1 saturated heterocycles. The minimum absolute atomic E-state index is 0.0766. The summed E-state index contributed by atoms with van der Waals surface area (Å²) < 4.78 is 14.4. The number of hydrogen-bond donors (Lipinski definition) is 1. The van der Waals surface area contributed by atoms with E-state index in [1.54, 1.807) is 17.0 Å². The van der Waals surface area contributed by atoms with Gasteiger partial charge in [-0.3, -0.25) is 4.79 Å². The van der Waals surface area contributed by atoms with Crippen molar-refractivity contribution in [1.29, 1.82) is 0 Å². The third-order valence-corrected chi connectivity index (χ3v) is 6.82. The summed E-state index contributed by atoms with van der Waals surface area (Å²) in [7, 11) is 0. The number of quaternary nitrogens is 1. The van der Waals surface area contributed by atoms with Crippen molar-refractivity contribution in [2.75, 3.05) is 13.1 Å². The van der Waals surface area contributed by atoms with Gasteiger partial charge >= 0.3 is 0 Å². The molecule has 1 aliphatic heterocycles. The first-order valence-corrected chi connectivity index (χ1v) is 10.0. The molecule has 0 amide bonds. The van der Waals surface area contributed by atoms with Crippen molar-refractivity contribution in [3.05, 3.63) is 70.4 Å². The Hall–Kier alpha value is -2.04. The molecule has 0 bridgehead atoms. The lowest BCUT2D eigenvalue weighted by Crippen LogP contribution is -3.11. The van der Waals surface area contributed by atoms with Gasteiger partial charge in [-0.05, 0) is 48.2 Å². The molecule has 2 nitrogen and oxygen atoms in total. The van der Waals surface area contributed by atoms with E-state index >= 15 is 0 Å². The zero-order chi connectivity index (χ0) is 18.1. The average Bonchev–Trinajstić information content (AvgIpc) is 2.98. The summed E-state index contributed by atoms with van der Waals surface area (Å²) in [5.41, 5.74) is 2.04. The van der Waals surface area contributed by atoms with E-state index in [-0.39, 0.29) is 17.5 Å². The Morgan fingerprint density at radius 1 is 1.12 bits per heavy atom. The molecule has 0 spiro atoms. The number of nitrogens with one attached hydrogen (secondary N) is 1. The van der Waals surface area contributed by atoms with Gasteiger partial charge in [-0.25, -0.2) is 4.39 Å². The minimum atomic E-state index is -0.292. The van der Waals surface area contributed by atoms with Gasteiger partial charge in [0.25, 0.3) is 0 Å². The van der Waals surface area contributed by atoms with Crippen LogP contribution in [0.1, 0.15) is 33.6 Å². The van der Waals surface area contributed by atoms with Crippen molar-refractivity contribution in [3.8, 4) is 0 Å². The number of carbonyl (C=O) groups excluding carboxylic acids is 1. The zero-order valence-corrected chi connectivity index (χ0v) is 15.7. The van der Waals surface area contributed by atoms with Crippen molar-refractivity contribution in [3.63, 3.8) is 0 Å². The van der Waals surface area contributed by atoms with Crippen LogP contribution in [-0.4, -0.2) is 18.9 Å². The molecular weight excluding hydrogens is 345 g/mol. The van der Waals surface area contributed by atoms with E-state index in [0.29, 0.717) is 5.56 Å². The fourth-order valence-electron chi connectivity index (χ4n) is 3.94. The normalized spacial score (nSPS) is 20.4. The standard InChI is InChI=1S/C22H22FNOS/c1-15-19-4-2-3-5-20(19)26-21(15)14-24-12-10-17(11-13-24)22(25)16-6-8-18(23)9-7-16/h2-9,17H,10-14H2,1H3/p+1. The van der Waals surface area contributed by atoms with Gasteiger partial charge < -0.3 is 4.90 Å². The number of fused-ring (bicyclic) bond motifs is 1. The zero-order valence-electron chi connectivity index (χ0n) is 14.9. The smallest absolute Gasteiger partial charge is 0.166 e. The molecule has 2 aromatic carbocycles. The third-order valence-electron chi connectivity index (χ3n) is 5.55. The topological polar surface area (TPSA) is 21.5 Å². The highest BCUT2D eigenvalue weighted by atomic mass is 32.1. The maximum atomic E-state index is 13.0. The minimum Gasteiger partial charge on any atom is -0.330 e. The summed E-state index contributed by atoms with van der Waals surface area (Å²) in [6, 6.07) is 14.6. The Kier molecular flexibility index (Phi) is 4.88. The molecule has 1 aromatic heterocycles. The molecule has 4 heteroatoms. The lowest BCUT2D eigenvalue weighted by molar-refractivity contribution is -0.919. The molecule has 1 fully saturated rings. The largest absolute Gasteiger partial charge is 0.330 e. The van der Waals surface area contributed by atoms with Gasteiger partial charge in [0.05, 0.1) is 18.0 Å². The number of benzene rings is 2. The molecule has 0 radical (unpaired) electrons. The molecule has 26 heavy (non-hydrogen) atoms. The van der Waals surface area contributed by atoms with Gasteiger partial charge in [0.2, 0.25) is 0 Å². The van der Waals surface area contributed by atoms with E-state index in [1.165, 1.54) is 32.7 Å². The predicted octanol–water partition coefficient (Wildman–Crippen LogP) is 4.03. The maximum absolute atomic E-state index is 13.0. The number of halogens is 1. The average molecular weight is 368 g/mol. The molecule has 134 valence electrons. The number of Topliss-reactive ketones (excluding diaryl/α,β-unsaturated/α-hetero) is 1.